The van der Waals surface area contributed by atoms with Crippen LogP contribution in [0.15, 0.2) is 48.5 Å². The predicted octanol–water partition coefficient (Wildman–Crippen LogP) is 2.73. The minimum absolute atomic E-state index is 0.0849. The highest BCUT2D eigenvalue weighted by Crippen LogP contribution is 2.25. The van der Waals surface area contributed by atoms with Gasteiger partial charge in [-0.1, -0.05) is 36.4 Å². The summed E-state index contributed by atoms with van der Waals surface area (Å²) in [6.45, 7) is 4.45. The van der Waals surface area contributed by atoms with E-state index in [1.54, 1.807) is 30.9 Å². The molecule has 0 spiro atoms. The Hall–Kier alpha value is -2.66. The topological polar surface area (TPSA) is 83.6 Å². The highest BCUT2D eigenvalue weighted by molar-refractivity contribution is 5.95. The summed E-state index contributed by atoms with van der Waals surface area (Å²) in [7, 11) is 0. The summed E-state index contributed by atoms with van der Waals surface area (Å²) >= 11 is 0. The Morgan fingerprint density at radius 3 is 2.11 bits per heavy atom. The Bertz CT molecular complexity index is 820. The van der Waals surface area contributed by atoms with Crippen molar-refractivity contribution in [1.82, 2.24) is 4.90 Å². The van der Waals surface area contributed by atoms with Gasteiger partial charge in [-0.15, -0.1) is 0 Å². The molecule has 2 aromatic carbocycles. The molecule has 27 heavy (non-hydrogen) atoms. The van der Waals surface area contributed by atoms with E-state index in [9.17, 15) is 14.7 Å². The molecule has 0 aliphatic carbocycles. The summed E-state index contributed by atoms with van der Waals surface area (Å²) in [5, 5.41) is 10.1. The fraction of sp³-hybridized carbons (Fsp3) is 0.318. The lowest BCUT2D eigenvalue weighted by Crippen LogP contribution is -2.44. The first kappa shape index (κ1) is 19.1. The van der Waals surface area contributed by atoms with E-state index >= 15 is 0 Å². The number of aliphatic hydroxyl groups is 1. The van der Waals surface area contributed by atoms with E-state index in [4.69, 9.17) is 5.73 Å². The van der Waals surface area contributed by atoms with Crippen LogP contribution in [0.1, 0.15) is 36.2 Å². The molecule has 1 aliphatic heterocycles. The third-order valence-corrected chi connectivity index (χ3v) is 4.98. The molecule has 1 saturated heterocycles. The first-order valence-corrected chi connectivity index (χ1v) is 9.11. The molecule has 1 atom stereocenters. The molecule has 5 nitrogen and oxygen atoms in total. The van der Waals surface area contributed by atoms with Crippen molar-refractivity contribution in [3.05, 3.63) is 66.1 Å². The van der Waals surface area contributed by atoms with Gasteiger partial charge < -0.3 is 15.7 Å². The maximum absolute atomic E-state index is 12.7. The second kappa shape index (κ2) is 7.53. The Labute approximate surface area is 159 Å². The normalized spacial score (nSPS) is 17.6. The van der Waals surface area contributed by atoms with E-state index in [1.165, 1.54) is 0 Å². The molecule has 2 amide bonds. The first-order valence-electron chi connectivity index (χ1n) is 9.11. The molecule has 2 aromatic rings. The summed E-state index contributed by atoms with van der Waals surface area (Å²) in [6.07, 6.45) is 2.55. The van der Waals surface area contributed by atoms with Gasteiger partial charge in [-0.2, -0.15) is 0 Å². The van der Waals surface area contributed by atoms with Gasteiger partial charge in [0.2, 0.25) is 5.91 Å². The molecule has 5 heteroatoms. The number of benzene rings is 2. The van der Waals surface area contributed by atoms with Gasteiger partial charge in [0.1, 0.15) is 0 Å². The number of hydrogen-bond donors (Lipinski definition) is 2. The van der Waals surface area contributed by atoms with Crippen LogP contribution < -0.4 is 5.73 Å². The minimum atomic E-state index is -0.872. The largest absolute Gasteiger partial charge is 0.386 e. The van der Waals surface area contributed by atoms with Gasteiger partial charge in [-0.25, -0.2) is 0 Å². The molecular weight excluding hydrogens is 340 g/mol. The van der Waals surface area contributed by atoms with E-state index < -0.39 is 11.5 Å². The van der Waals surface area contributed by atoms with Crippen LogP contribution in [0.5, 0.6) is 0 Å². The Morgan fingerprint density at radius 2 is 1.59 bits per heavy atom. The predicted molar refractivity (Wildman–Crippen MR) is 105 cm³/mol. The van der Waals surface area contributed by atoms with Crippen molar-refractivity contribution in [2.75, 3.05) is 13.1 Å². The smallest absolute Gasteiger partial charge is 0.253 e. The molecule has 3 rings (SSSR count). The molecule has 1 heterocycles. The third kappa shape index (κ3) is 4.37. The summed E-state index contributed by atoms with van der Waals surface area (Å²) in [5.74, 6) is -0.855. The lowest BCUT2D eigenvalue weighted by atomic mass is 9.95. The molecule has 3 N–H and O–H groups in total. The molecule has 0 bridgehead atoms. The maximum Gasteiger partial charge on any atom is 0.253 e. The van der Waals surface area contributed by atoms with Crippen LogP contribution in [0.25, 0.3) is 11.1 Å². The quantitative estimate of drug-likeness (QED) is 0.874. The zero-order valence-corrected chi connectivity index (χ0v) is 15.7. The Morgan fingerprint density at radius 1 is 1.04 bits per heavy atom. The van der Waals surface area contributed by atoms with Gasteiger partial charge in [0.25, 0.3) is 5.91 Å². The highest BCUT2D eigenvalue weighted by atomic mass is 16.3. The number of rotatable bonds is 4. The van der Waals surface area contributed by atoms with Gasteiger partial charge in [0, 0.05) is 18.7 Å². The standard InChI is InChI=1S/C22H25N2O3/c1-22(2,27)19-11-9-16(10-12-19)15-5-7-17(8-6-15)21(26)24-13-3-4-18(14-24)20(23)25/h4-12,18,27H,3,13-14H2,1-2H3,(H2,23,25). The van der Waals surface area contributed by atoms with Crippen molar-refractivity contribution < 1.29 is 14.7 Å². The number of nitrogens with zero attached hydrogens (tertiary/aromatic N) is 1. The van der Waals surface area contributed by atoms with Crippen LogP contribution >= 0.6 is 0 Å². The molecule has 1 fully saturated rings. The lowest BCUT2D eigenvalue weighted by Gasteiger charge is -2.31. The van der Waals surface area contributed by atoms with E-state index in [0.717, 1.165) is 16.7 Å². The number of carbonyl (C=O) groups is 2. The van der Waals surface area contributed by atoms with Crippen molar-refractivity contribution in [2.45, 2.75) is 25.9 Å². The van der Waals surface area contributed by atoms with Crippen LogP contribution in [-0.4, -0.2) is 34.9 Å². The average molecular weight is 365 g/mol. The second-order valence-corrected chi connectivity index (χ2v) is 7.50. The van der Waals surface area contributed by atoms with Gasteiger partial charge >= 0.3 is 0 Å². The summed E-state index contributed by atoms with van der Waals surface area (Å²) in [5.41, 5.74) is 7.95. The number of likely N-dealkylation sites (tertiary alicyclic amines) is 1. The number of nitrogens with two attached hydrogens (primary N) is 1. The molecule has 141 valence electrons. The van der Waals surface area contributed by atoms with E-state index in [-0.39, 0.29) is 11.8 Å². The zero-order chi connectivity index (χ0) is 19.6. The number of piperidine rings is 1. The van der Waals surface area contributed by atoms with Crippen molar-refractivity contribution >= 4 is 11.8 Å². The van der Waals surface area contributed by atoms with Crippen molar-refractivity contribution in [2.24, 2.45) is 11.7 Å². The van der Waals surface area contributed by atoms with Crippen molar-refractivity contribution in [3.8, 4) is 11.1 Å². The van der Waals surface area contributed by atoms with Gasteiger partial charge in [-0.3, -0.25) is 9.59 Å². The van der Waals surface area contributed by atoms with Gasteiger partial charge in [-0.05, 0) is 55.5 Å². The average Bonchev–Trinajstić information content (AvgIpc) is 2.67. The van der Waals surface area contributed by atoms with Gasteiger partial charge in [0.15, 0.2) is 0 Å². The lowest BCUT2D eigenvalue weighted by molar-refractivity contribution is -0.121. The number of primary amides is 1. The summed E-state index contributed by atoms with van der Waals surface area (Å²) in [6, 6.07) is 15.2. The molecular formula is C22H25N2O3. The van der Waals surface area contributed by atoms with Crippen LogP contribution in [0.4, 0.5) is 0 Å². The summed E-state index contributed by atoms with van der Waals surface area (Å²) < 4.78 is 0. The fourth-order valence-corrected chi connectivity index (χ4v) is 3.28. The number of hydrogen-bond acceptors (Lipinski definition) is 3. The van der Waals surface area contributed by atoms with Crippen molar-refractivity contribution in [1.29, 1.82) is 0 Å². The Kier molecular flexibility index (Phi) is 5.33. The number of carbonyl (C=O) groups excluding carboxylic acids is 2. The third-order valence-electron chi connectivity index (χ3n) is 4.98. The van der Waals surface area contributed by atoms with E-state index in [0.29, 0.717) is 25.1 Å². The van der Waals surface area contributed by atoms with E-state index in [2.05, 4.69) is 0 Å². The van der Waals surface area contributed by atoms with E-state index in [1.807, 2.05) is 42.8 Å². The highest BCUT2D eigenvalue weighted by Gasteiger charge is 2.27. The zero-order valence-electron chi connectivity index (χ0n) is 15.7. The maximum atomic E-state index is 12.7. The van der Waals surface area contributed by atoms with Crippen LogP contribution in [-0.2, 0) is 10.4 Å². The summed E-state index contributed by atoms with van der Waals surface area (Å²) in [4.78, 5) is 25.8. The van der Waals surface area contributed by atoms with Crippen LogP contribution in [0.3, 0.4) is 0 Å². The van der Waals surface area contributed by atoms with Crippen LogP contribution in [0.2, 0.25) is 0 Å². The first-order chi connectivity index (χ1) is 12.8. The Balaban J connectivity index is 1.73. The minimum Gasteiger partial charge on any atom is -0.386 e. The SMILES string of the molecule is CC(C)(O)c1ccc(-c2ccc(C(=O)N3CC[CH]C(C(N)=O)C3)cc2)cc1. The van der Waals surface area contributed by atoms with Crippen molar-refractivity contribution in [3.63, 3.8) is 0 Å². The molecule has 0 aromatic heterocycles. The number of amides is 2. The van der Waals surface area contributed by atoms with Crippen LogP contribution in [0, 0.1) is 12.3 Å². The monoisotopic (exact) mass is 365 g/mol. The molecule has 0 saturated carbocycles. The molecule has 1 aliphatic rings. The van der Waals surface area contributed by atoms with Gasteiger partial charge in [0.05, 0.1) is 11.5 Å². The fourth-order valence-electron chi connectivity index (χ4n) is 3.28. The molecule has 1 unspecified atom stereocenters. The molecule has 1 radical (unpaired) electrons. The second-order valence-electron chi connectivity index (χ2n) is 7.50.